The van der Waals surface area contributed by atoms with Crippen molar-refractivity contribution in [2.75, 3.05) is 0 Å². The summed E-state index contributed by atoms with van der Waals surface area (Å²) in [5, 5.41) is 7.36. The summed E-state index contributed by atoms with van der Waals surface area (Å²) < 4.78 is 0. The predicted octanol–water partition coefficient (Wildman–Crippen LogP) is 5.71. The first-order chi connectivity index (χ1) is 14.7. The van der Waals surface area contributed by atoms with E-state index in [9.17, 15) is 4.79 Å². The van der Waals surface area contributed by atoms with Gasteiger partial charge in [0.15, 0.2) is 27.4 Å². The van der Waals surface area contributed by atoms with Crippen LogP contribution in [0.15, 0.2) is 83.0 Å². The largest absolute Gasteiger partial charge is 0.289 e. The molecule has 0 heterocycles. The Morgan fingerprint density at radius 2 is 1.03 bits per heavy atom. The predicted molar refractivity (Wildman–Crippen MR) is 114 cm³/mol. The second-order valence-corrected chi connectivity index (χ2v) is 6.57. The van der Waals surface area contributed by atoms with Gasteiger partial charge in [0.05, 0.1) is 0 Å². The summed E-state index contributed by atoms with van der Waals surface area (Å²) in [7, 11) is 0. The van der Waals surface area contributed by atoms with Crippen LogP contribution in [0.1, 0.15) is 22.3 Å². The van der Waals surface area contributed by atoms with Crippen molar-refractivity contribution in [2.24, 2.45) is 10.2 Å². The molecule has 7 heteroatoms. The SMILES string of the molecule is N=[N+]=Nc1ccc(/C=C2\C(=O)/C(=C\c3ccc(N=[N+]=N)cc3)c3ccccc32)cc1. The van der Waals surface area contributed by atoms with E-state index in [1.165, 1.54) is 0 Å². The van der Waals surface area contributed by atoms with Crippen LogP contribution in [0.5, 0.6) is 0 Å². The Kier molecular flexibility index (Phi) is 5.14. The average molecular weight is 392 g/mol. The van der Waals surface area contributed by atoms with E-state index in [1.54, 1.807) is 24.3 Å². The molecule has 0 spiro atoms. The zero-order valence-electron chi connectivity index (χ0n) is 15.8. The third-order valence-corrected chi connectivity index (χ3v) is 4.74. The molecule has 1 aliphatic rings. The van der Waals surface area contributed by atoms with E-state index in [-0.39, 0.29) is 5.78 Å². The summed E-state index contributed by atoms with van der Waals surface area (Å²) >= 11 is 0. The Hall–Kier alpha value is -4.57. The van der Waals surface area contributed by atoms with Crippen molar-refractivity contribution in [1.82, 2.24) is 9.82 Å². The fourth-order valence-corrected chi connectivity index (χ4v) is 3.35. The van der Waals surface area contributed by atoms with Gasteiger partial charge in [-0.05, 0) is 58.7 Å². The minimum absolute atomic E-state index is 0.0407. The van der Waals surface area contributed by atoms with Gasteiger partial charge in [0, 0.05) is 11.1 Å². The Bertz CT molecular complexity index is 1190. The van der Waals surface area contributed by atoms with Gasteiger partial charge in [0.2, 0.25) is 9.82 Å². The molecule has 142 valence electrons. The third-order valence-electron chi connectivity index (χ3n) is 4.74. The van der Waals surface area contributed by atoms with Crippen LogP contribution in [0.2, 0.25) is 0 Å². The molecule has 0 saturated carbocycles. The number of carbonyl (C=O) groups is 1. The number of fused-ring (bicyclic) bond motifs is 1. The van der Waals surface area contributed by atoms with E-state index in [2.05, 4.69) is 20.1 Å². The molecule has 0 bridgehead atoms. The number of nitrogens with zero attached hydrogens (tertiary/aromatic N) is 4. The molecular formula is C23H16N6O+2. The quantitative estimate of drug-likeness (QED) is 0.330. The third kappa shape index (κ3) is 3.70. The van der Waals surface area contributed by atoms with E-state index in [4.69, 9.17) is 11.1 Å². The fourth-order valence-electron chi connectivity index (χ4n) is 3.35. The number of benzene rings is 3. The maximum Gasteiger partial charge on any atom is 0.220 e. The molecule has 0 unspecified atom stereocenters. The first kappa shape index (κ1) is 18.8. The summed E-state index contributed by atoms with van der Waals surface area (Å²) in [6.45, 7) is 0. The van der Waals surface area contributed by atoms with Gasteiger partial charge >= 0.3 is 0 Å². The molecule has 0 aromatic heterocycles. The summed E-state index contributed by atoms with van der Waals surface area (Å²) in [6, 6.07) is 22.1. The van der Waals surface area contributed by atoms with E-state index in [1.807, 2.05) is 60.7 Å². The number of rotatable bonds is 4. The first-order valence-electron chi connectivity index (χ1n) is 9.12. The van der Waals surface area contributed by atoms with Gasteiger partial charge in [-0.1, -0.05) is 48.5 Å². The van der Waals surface area contributed by atoms with Crippen LogP contribution >= 0.6 is 0 Å². The molecule has 0 amide bonds. The Labute approximate surface area is 171 Å². The summed E-state index contributed by atoms with van der Waals surface area (Å²) in [4.78, 5) is 19.3. The number of hydrogen-bond donors (Lipinski definition) is 2. The van der Waals surface area contributed by atoms with Gasteiger partial charge < -0.3 is 0 Å². The highest BCUT2D eigenvalue weighted by molar-refractivity contribution is 6.51. The second kappa shape index (κ2) is 8.20. The Balaban J connectivity index is 1.75. The van der Waals surface area contributed by atoms with Crippen LogP contribution in [0.4, 0.5) is 11.4 Å². The second-order valence-electron chi connectivity index (χ2n) is 6.57. The van der Waals surface area contributed by atoms with E-state index < -0.39 is 0 Å². The zero-order chi connectivity index (χ0) is 20.9. The maximum atomic E-state index is 13.3. The molecule has 0 aliphatic heterocycles. The van der Waals surface area contributed by atoms with Crippen LogP contribution in [0.3, 0.4) is 0 Å². The fraction of sp³-hybridized carbons (Fsp3) is 0. The number of carbonyl (C=O) groups excluding carboxylic acids is 1. The lowest BCUT2D eigenvalue weighted by Crippen LogP contribution is -1.94. The lowest BCUT2D eigenvalue weighted by molar-refractivity contribution is -0.108. The lowest BCUT2D eigenvalue weighted by Gasteiger charge is -1.99. The zero-order valence-corrected chi connectivity index (χ0v) is 15.8. The van der Waals surface area contributed by atoms with Crippen LogP contribution in [0, 0.1) is 11.1 Å². The minimum atomic E-state index is -0.0407. The van der Waals surface area contributed by atoms with Crippen LogP contribution in [0.25, 0.3) is 23.3 Å². The topological polar surface area (TPSA) is 118 Å². The number of ketones is 1. The van der Waals surface area contributed by atoms with Gasteiger partial charge in [-0.2, -0.15) is 0 Å². The molecular weight excluding hydrogens is 376 g/mol. The number of nitrogens with one attached hydrogen (secondary N) is 2. The van der Waals surface area contributed by atoms with Gasteiger partial charge in [-0.15, -0.1) is 0 Å². The number of allylic oxidation sites excluding steroid dienone is 2. The summed E-state index contributed by atoms with van der Waals surface area (Å²) in [5.74, 6) is -0.0407. The number of hydrogen-bond acceptors (Lipinski definition) is 5. The van der Waals surface area contributed by atoms with Gasteiger partial charge in [-0.3, -0.25) is 4.79 Å². The van der Waals surface area contributed by atoms with Crippen molar-refractivity contribution in [2.45, 2.75) is 0 Å². The standard InChI is InChI=1S/C23H16N6O/c24-28-26-17-9-5-15(6-10-17)13-21-19-3-1-2-4-20(19)22(23(21)30)14-16-7-11-18(12-8-16)27-29-25/h1-14,24-25H/q+2. The van der Waals surface area contributed by atoms with Gasteiger partial charge in [0.25, 0.3) is 0 Å². The molecule has 4 rings (SSSR count). The van der Waals surface area contributed by atoms with Crippen LogP contribution in [-0.4, -0.2) is 5.78 Å². The lowest BCUT2D eigenvalue weighted by atomic mass is 10.0. The highest BCUT2D eigenvalue weighted by atomic mass is 16.1. The monoisotopic (exact) mass is 392 g/mol. The van der Waals surface area contributed by atoms with E-state index in [0.29, 0.717) is 22.5 Å². The Morgan fingerprint density at radius 3 is 1.40 bits per heavy atom. The molecule has 7 nitrogen and oxygen atoms in total. The molecule has 0 saturated heterocycles. The minimum Gasteiger partial charge on any atom is -0.289 e. The van der Waals surface area contributed by atoms with Crippen molar-refractivity contribution in [1.29, 1.82) is 11.1 Å². The van der Waals surface area contributed by atoms with E-state index >= 15 is 0 Å². The molecule has 3 aromatic rings. The molecule has 30 heavy (non-hydrogen) atoms. The molecule has 2 N–H and O–H groups in total. The smallest absolute Gasteiger partial charge is 0.220 e. The highest BCUT2D eigenvalue weighted by Gasteiger charge is 2.29. The van der Waals surface area contributed by atoms with Crippen molar-refractivity contribution in [3.8, 4) is 0 Å². The van der Waals surface area contributed by atoms with Gasteiger partial charge in [-0.25, -0.2) is 0 Å². The van der Waals surface area contributed by atoms with Crippen molar-refractivity contribution < 1.29 is 4.79 Å². The Morgan fingerprint density at radius 1 is 0.633 bits per heavy atom. The van der Waals surface area contributed by atoms with Crippen LogP contribution < -0.4 is 9.82 Å². The van der Waals surface area contributed by atoms with Crippen LogP contribution in [-0.2, 0) is 4.79 Å². The normalized spacial score (nSPS) is 14.9. The summed E-state index contributed by atoms with van der Waals surface area (Å²) in [5.41, 5.74) is 19.6. The average Bonchev–Trinajstić information content (AvgIpc) is 3.03. The molecule has 0 fully saturated rings. The molecule has 1 aliphatic carbocycles. The summed E-state index contributed by atoms with van der Waals surface area (Å²) in [6.07, 6.45) is 3.72. The van der Waals surface area contributed by atoms with E-state index in [0.717, 1.165) is 22.3 Å². The van der Waals surface area contributed by atoms with Crippen molar-refractivity contribution >= 4 is 40.5 Å². The van der Waals surface area contributed by atoms with Crippen molar-refractivity contribution in [3.63, 3.8) is 0 Å². The number of Topliss-reactive ketones (excluding diaryl/α,β-unsaturated/α-hetero) is 1. The van der Waals surface area contributed by atoms with Gasteiger partial charge in [0.1, 0.15) is 11.1 Å². The highest BCUT2D eigenvalue weighted by Crippen LogP contribution is 2.39. The molecule has 0 radical (unpaired) electrons. The maximum absolute atomic E-state index is 13.3. The molecule has 3 aromatic carbocycles. The van der Waals surface area contributed by atoms with Crippen molar-refractivity contribution in [3.05, 3.63) is 95.1 Å². The molecule has 0 atom stereocenters. The first-order valence-corrected chi connectivity index (χ1v) is 9.12.